The van der Waals surface area contributed by atoms with Gasteiger partial charge in [0.25, 0.3) is 0 Å². The third kappa shape index (κ3) is 2.98. The van der Waals surface area contributed by atoms with Crippen LogP contribution in [0, 0.1) is 11.3 Å². The van der Waals surface area contributed by atoms with E-state index in [0.29, 0.717) is 17.9 Å². The van der Waals surface area contributed by atoms with Gasteiger partial charge in [-0.1, -0.05) is 41.0 Å². The van der Waals surface area contributed by atoms with Crippen LogP contribution in [0.15, 0.2) is 0 Å². The quantitative estimate of drug-likeness (QED) is 0.819. The Kier molecular flexibility index (Phi) is 4.99. The van der Waals surface area contributed by atoms with Crippen molar-refractivity contribution >= 4 is 5.91 Å². The van der Waals surface area contributed by atoms with Gasteiger partial charge >= 0.3 is 0 Å². The maximum atomic E-state index is 12.9. The molecule has 0 aromatic carbocycles. The molecule has 1 aliphatic carbocycles. The van der Waals surface area contributed by atoms with E-state index in [0.717, 1.165) is 25.7 Å². The maximum Gasteiger partial charge on any atom is 0.241 e. The van der Waals surface area contributed by atoms with E-state index in [1.807, 2.05) is 0 Å². The summed E-state index contributed by atoms with van der Waals surface area (Å²) in [6.45, 7) is 11.0. The molecule has 1 amide bonds. The van der Waals surface area contributed by atoms with E-state index in [2.05, 4.69) is 44.8 Å². The predicted octanol–water partition coefficient (Wildman–Crippen LogP) is 2.77. The van der Waals surface area contributed by atoms with Crippen LogP contribution in [0.25, 0.3) is 0 Å². The molecular weight excluding hydrogens is 264 g/mol. The number of nitrogens with zero attached hydrogens (tertiary/aromatic N) is 1. The lowest BCUT2D eigenvalue weighted by molar-refractivity contribution is -0.162. The Morgan fingerprint density at radius 3 is 2.57 bits per heavy atom. The van der Waals surface area contributed by atoms with E-state index in [1.165, 1.54) is 0 Å². The van der Waals surface area contributed by atoms with Crippen LogP contribution in [-0.2, 0) is 9.53 Å². The van der Waals surface area contributed by atoms with Crippen LogP contribution in [0.1, 0.15) is 60.3 Å². The second-order valence-corrected chi connectivity index (χ2v) is 7.70. The first kappa shape index (κ1) is 16.8. The molecule has 2 aliphatic rings. The van der Waals surface area contributed by atoms with Crippen LogP contribution in [0.5, 0.6) is 0 Å². The summed E-state index contributed by atoms with van der Waals surface area (Å²) in [7, 11) is 1.78. The zero-order valence-corrected chi connectivity index (χ0v) is 14.5. The van der Waals surface area contributed by atoms with Crippen molar-refractivity contribution in [2.75, 3.05) is 7.11 Å². The average Bonchev–Trinajstić information content (AvgIpc) is 2.66. The molecule has 2 fully saturated rings. The van der Waals surface area contributed by atoms with Gasteiger partial charge in [-0.15, -0.1) is 0 Å². The van der Waals surface area contributed by atoms with Gasteiger partial charge in [0, 0.05) is 18.6 Å². The predicted molar refractivity (Wildman–Crippen MR) is 84.9 cm³/mol. The lowest BCUT2D eigenvalue weighted by Crippen LogP contribution is -2.64. The number of hydrogen-bond donors (Lipinski definition) is 1. The Morgan fingerprint density at radius 2 is 2.10 bits per heavy atom. The van der Waals surface area contributed by atoms with Crippen LogP contribution in [0.2, 0.25) is 0 Å². The van der Waals surface area contributed by atoms with Crippen LogP contribution < -0.4 is 5.32 Å². The number of amides is 1. The summed E-state index contributed by atoms with van der Waals surface area (Å²) in [5, 5.41) is 3.58. The molecule has 4 unspecified atom stereocenters. The van der Waals surface area contributed by atoms with Gasteiger partial charge in [-0.2, -0.15) is 0 Å². The fourth-order valence-corrected chi connectivity index (χ4v) is 3.96. The molecule has 2 rings (SSSR count). The number of carbonyl (C=O) groups is 1. The van der Waals surface area contributed by atoms with Crippen molar-refractivity contribution in [1.29, 1.82) is 0 Å². The number of carbonyl (C=O) groups excluding carboxylic acids is 1. The first-order valence-electron chi connectivity index (χ1n) is 8.43. The van der Waals surface area contributed by atoms with Gasteiger partial charge in [-0.3, -0.25) is 10.1 Å². The minimum Gasteiger partial charge on any atom is -0.381 e. The average molecular weight is 296 g/mol. The lowest BCUT2D eigenvalue weighted by Gasteiger charge is -2.55. The molecule has 0 spiro atoms. The third-order valence-corrected chi connectivity index (χ3v) is 5.30. The first-order chi connectivity index (χ1) is 9.82. The summed E-state index contributed by atoms with van der Waals surface area (Å²) in [5.74, 6) is 0.838. The third-order valence-electron chi connectivity index (χ3n) is 5.30. The summed E-state index contributed by atoms with van der Waals surface area (Å²) in [4.78, 5) is 15.0. The topological polar surface area (TPSA) is 41.6 Å². The number of ether oxygens (including phenoxy) is 1. The van der Waals surface area contributed by atoms with E-state index in [9.17, 15) is 4.79 Å². The van der Waals surface area contributed by atoms with Crippen molar-refractivity contribution < 1.29 is 9.53 Å². The van der Waals surface area contributed by atoms with Crippen LogP contribution in [-0.4, -0.2) is 42.3 Å². The van der Waals surface area contributed by atoms with Crippen molar-refractivity contribution in [3.8, 4) is 0 Å². The molecule has 0 aromatic heterocycles. The zero-order valence-electron chi connectivity index (χ0n) is 14.5. The minimum absolute atomic E-state index is 0.000977. The molecule has 0 aromatic rings. The molecule has 1 N–H and O–H groups in total. The molecular formula is C17H32N2O2. The second-order valence-electron chi connectivity index (χ2n) is 7.70. The summed E-state index contributed by atoms with van der Waals surface area (Å²) in [5.41, 5.74) is 0.0464. The molecule has 122 valence electrons. The highest BCUT2D eigenvalue weighted by Gasteiger charge is 2.56. The molecule has 1 heterocycles. The van der Waals surface area contributed by atoms with Crippen molar-refractivity contribution in [3.05, 3.63) is 0 Å². The monoisotopic (exact) mass is 296 g/mol. The van der Waals surface area contributed by atoms with Crippen LogP contribution in [0.4, 0.5) is 0 Å². The Labute approximate surface area is 129 Å². The second kappa shape index (κ2) is 6.25. The minimum atomic E-state index is -0.000977. The SMILES string of the molecule is CCCC1NC(CC(C)C)C(=O)N1C1CC(OC)C1(C)C. The summed E-state index contributed by atoms with van der Waals surface area (Å²) in [6, 6.07) is 0.301. The lowest BCUT2D eigenvalue weighted by atomic mass is 9.63. The standard InChI is InChI=1S/C17H32N2O2/c1-7-8-15-18-12(9-11(2)3)16(20)19(15)13-10-14(21-6)17(13,4)5/h11-15,18H,7-10H2,1-6H3. The van der Waals surface area contributed by atoms with Crippen molar-refractivity contribution in [2.45, 2.75) is 84.7 Å². The molecule has 1 saturated carbocycles. The molecule has 0 bridgehead atoms. The van der Waals surface area contributed by atoms with Gasteiger partial charge in [0.15, 0.2) is 0 Å². The molecule has 0 radical (unpaired) electrons. The fraction of sp³-hybridized carbons (Fsp3) is 0.941. The Hall–Kier alpha value is -0.610. The number of hydrogen-bond acceptors (Lipinski definition) is 3. The first-order valence-corrected chi connectivity index (χ1v) is 8.43. The highest BCUT2D eigenvalue weighted by atomic mass is 16.5. The van der Waals surface area contributed by atoms with Crippen molar-refractivity contribution in [2.24, 2.45) is 11.3 Å². The van der Waals surface area contributed by atoms with E-state index in [-0.39, 0.29) is 23.7 Å². The van der Waals surface area contributed by atoms with Gasteiger partial charge in [0.05, 0.1) is 18.3 Å². The molecule has 4 nitrogen and oxygen atoms in total. The maximum absolute atomic E-state index is 12.9. The van der Waals surface area contributed by atoms with Crippen LogP contribution >= 0.6 is 0 Å². The van der Waals surface area contributed by atoms with E-state index in [4.69, 9.17) is 4.74 Å². The summed E-state index contributed by atoms with van der Waals surface area (Å²) < 4.78 is 5.55. The molecule has 4 atom stereocenters. The van der Waals surface area contributed by atoms with Gasteiger partial charge in [0.2, 0.25) is 5.91 Å². The molecule has 1 saturated heterocycles. The van der Waals surface area contributed by atoms with E-state index < -0.39 is 0 Å². The Balaban J connectivity index is 2.14. The molecule has 21 heavy (non-hydrogen) atoms. The number of nitrogens with one attached hydrogen (secondary N) is 1. The van der Waals surface area contributed by atoms with Gasteiger partial charge in [0.1, 0.15) is 0 Å². The normalized spacial score (nSPS) is 35.4. The Morgan fingerprint density at radius 1 is 1.43 bits per heavy atom. The highest BCUT2D eigenvalue weighted by Crippen LogP contribution is 2.47. The van der Waals surface area contributed by atoms with Gasteiger partial charge in [-0.05, 0) is 25.2 Å². The number of rotatable bonds is 6. The molecule has 1 aliphatic heterocycles. The van der Waals surface area contributed by atoms with Crippen LogP contribution in [0.3, 0.4) is 0 Å². The highest BCUT2D eigenvalue weighted by molar-refractivity contribution is 5.85. The summed E-state index contributed by atoms with van der Waals surface area (Å²) >= 11 is 0. The zero-order chi connectivity index (χ0) is 15.8. The largest absolute Gasteiger partial charge is 0.381 e. The number of methoxy groups -OCH3 is 1. The van der Waals surface area contributed by atoms with Crippen molar-refractivity contribution in [3.63, 3.8) is 0 Å². The Bertz CT molecular complexity index is 381. The fourth-order valence-electron chi connectivity index (χ4n) is 3.96. The van der Waals surface area contributed by atoms with Gasteiger partial charge < -0.3 is 9.64 Å². The van der Waals surface area contributed by atoms with Crippen molar-refractivity contribution in [1.82, 2.24) is 10.2 Å². The molecule has 4 heteroatoms. The smallest absolute Gasteiger partial charge is 0.241 e. The van der Waals surface area contributed by atoms with Gasteiger partial charge in [-0.25, -0.2) is 0 Å². The van der Waals surface area contributed by atoms with E-state index >= 15 is 0 Å². The van der Waals surface area contributed by atoms with E-state index in [1.54, 1.807) is 7.11 Å². The summed E-state index contributed by atoms with van der Waals surface area (Å²) in [6.07, 6.45) is 4.48.